The van der Waals surface area contributed by atoms with Crippen LogP contribution in [-0.4, -0.2) is 23.6 Å². The number of anilines is 1. The van der Waals surface area contributed by atoms with E-state index in [0.717, 1.165) is 5.75 Å². The van der Waals surface area contributed by atoms with Crippen LogP contribution in [-0.2, 0) is 4.79 Å². The minimum atomic E-state index is -1.01. The molecular formula is C21H17NO5. The molecule has 2 N–H and O–H groups in total. The molecule has 6 nitrogen and oxygen atoms in total. The number of carbonyl (C=O) groups is 2. The third-order valence-corrected chi connectivity index (χ3v) is 3.59. The quantitative estimate of drug-likeness (QED) is 0.657. The van der Waals surface area contributed by atoms with Gasteiger partial charge in [-0.25, -0.2) is 4.79 Å². The summed E-state index contributed by atoms with van der Waals surface area (Å²) in [5.41, 5.74) is 0.773. The Kier molecular flexibility index (Phi) is 5.69. The molecule has 0 aliphatic carbocycles. The van der Waals surface area contributed by atoms with E-state index in [4.69, 9.17) is 14.6 Å². The molecule has 0 bridgehead atoms. The average molecular weight is 363 g/mol. The predicted octanol–water partition coefficient (Wildman–Crippen LogP) is 4.19. The number of rotatable bonds is 7. The first kappa shape index (κ1) is 18.0. The maximum Gasteiger partial charge on any atom is 0.335 e. The second-order valence-electron chi connectivity index (χ2n) is 5.61. The number of ether oxygens (including phenoxy) is 2. The van der Waals surface area contributed by atoms with E-state index >= 15 is 0 Å². The minimum Gasteiger partial charge on any atom is -0.484 e. The summed E-state index contributed by atoms with van der Waals surface area (Å²) in [6.45, 7) is -0.186. The fraction of sp³-hybridized carbons (Fsp3) is 0.0476. The van der Waals surface area contributed by atoms with Crippen LogP contribution < -0.4 is 14.8 Å². The number of benzene rings is 3. The van der Waals surface area contributed by atoms with Crippen molar-refractivity contribution in [3.8, 4) is 17.2 Å². The van der Waals surface area contributed by atoms with E-state index in [0.29, 0.717) is 17.2 Å². The molecule has 3 rings (SSSR count). The van der Waals surface area contributed by atoms with Gasteiger partial charge in [-0.1, -0.05) is 18.2 Å². The van der Waals surface area contributed by atoms with Gasteiger partial charge in [0.05, 0.1) is 5.56 Å². The van der Waals surface area contributed by atoms with Crippen LogP contribution in [0.15, 0.2) is 78.9 Å². The normalized spacial score (nSPS) is 10.1. The van der Waals surface area contributed by atoms with E-state index in [2.05, 4.69) is 5.32 Å². The number of amides is 1. The first-order valence-electron chi connectivity index (χ1n) is 8.19. The number of carbonyl (C=O) groups excluding carboxylic acids is 1. The third-order valence-electron chi connectivity index (χ3n) is 3.59. The van der Waals surface area contributed by atoms with E-state index in [9.17, 15) is 9.59 Å². The van der Waals surface area contributed by atoms with Gasteiger partial charge in [0, 0.05) is 5.69 Å². The Morgan fingerprint density at radius 3 is 2.00 bits per heavy atom. The second-order valence-corrected chi connectivity index (χ2v) is 5.61. The van der Waals surface area contributed by atoms with Crippen molar-refractivity contribution in [3.05, 3.63) is 84.4 Å². The van der Waals surface area contributed by atoms with Crippen LogP contribution in [0.1, 0.15) is 10.4 Å². The van der Waals surface area contributed by atoms with E-state index in [-0.39, 0.29) is 18.1 Å². The molecule has 0 aromatic heterocycles. The van der Waals surface area contributed by atoms with Gasteiger partial charge in [-0.2, -0.15) is 0 Å². The van der Waals surface area contributed by atoms with Gasteiger partial charge >= 0.3 is 5.97 Å². The maximum atomic E-state index is 12.0. The van der Waals surface area contributed by atoms with Gasteiger partial charge in [0.1, 0.15) is 17.2 Å². The highest BCUT2D eigenvalue weighted by Gasteiger charge is 2.06. The highest BCUT2D eigenvalue weighted by Crippen LogP contribution is 2.22. The van der Waals surface area contributed by atoms with Gasteiger partial charge in [0.2, 0.25) is 0 Å². The van der Waals surface area contributed by atoms with Crippen molar-refractivity contribution in [2.45, 2.75) is 0 Å². The average Bonchev–Trinajstić information content (AvgIpc) is 2.69. The molecule has 27 heavy (non-hydrogen) atoms. The van der Waals surface area contributed by atoms with Crippen LogP contribution in [0.2, 0.25) is 0 Å². The first-order chi connectivity index (χ1) is 13.1. The van der Waals surface area contributed by atoms with Crippen molar-refractivity contribution in [2.24, 2.45) is 0 Å². The van der Waals surface area contributed by atoms with Crippen LogP contribution in [0.5, 0.6) is 17.2 Å². The summed E-state index contributed by atoms with van der Waals surface area (Å²) < 4.78 is 11.0. The Morgan fingerprint density at radius 2 is 1.37 bits per heavy atom. The van der Waals surface area contributed by atoms with Gasteiger partial charge in [0.25, 0.3) is 5.91 Å². The molecule has 1 amide bonds. The van der Waals surface area contributed by atoms with Crippen molar-refractivity contribution >= 4 is 17.6 Å². The van der Waals surface area contributed by atoms with Gasteiger partial charge in [-0.15, -0.1) is 0 Å². The monoisotopic (exact) mass is 363 g/mol. The Bertz CT molecular complexity index is 906. The molecule has 0 heterocycles. The molecular weight excluding hydrogens is 346 g/mol. The third kappa shape index (κ3) is 5.34. The SMILES string of the molecule is O=C(COc1ccc(C(=O)O)cc1)Nc1ccc(Oc2ccccc2)cc1. The molecule has 0 aliphatic heterocycles. The number of carboxylic acids is 1. The van der Waals surface area contributed by atoms with Crippen molar-refractivity contribution in [1.82, 2.24) is 0 Å². The van der Waals surface area contributed by atoms with E-state index in [1.54, 1.807) is 24.3 Å². The molecule has 0 saturated heterocycles. The number of aromatic carboxylic acids is 1. The number of hydrogen-bond acceptors (Lipinski definition) is 4. The molecule has 0 saturated carbocycles. The Balaban J connectivity index is 1.49. The number of para-hydroxylation sites is 1. The zero-order valence-electron chi connectivity index (χ0n) is 14.3. The van der Waals surface area contributed by atoms with Gasteiger partial charge in [0.15, 0.2) is 6.61 Å². The van der Waals surface area contributed by atoms with Crippen LogP contribution >= 0.6 is 0 Å². The van der Waals surface area contributed by atoms with Gasteiger partial charge in [-0.05, 0) is 60.7 Å². The van der Waals surface area contributed by atoms with E-state index < -0.39 is 5.97 Å². The first-order valence-corrected chi connectivity index (χ1v) is 8.19. The van der Waals surface area contributed by atoms with Gasteiger partial charge in [-0.3, -0.25) is 4.79 Å². The standard InChI is InChI=1S/C21H17NO5/c23-20(14-26-17-10-6-15(7-11-17)21(24)25)22-16-8-12-19(13-9-16)27-18-4-2-1-3-5-18/h1-13H,14H2,(H,22,23)(H,24,25). The molecule has 0 unspecified atom stereocenters. The Morgan fingerprint density at radius 1 is 0.778 bits per heavy atom. The van der Waals surface area contributed by atoms with Crippen molar-refractivity contribution < 1.29 is 24.2 Å². The van der Waals surface area contributed by atoms with Crippen LogP contribution in [0.4, 0.5) is 5.69 Å². The zero-order valence-corrected chi connectivity index (χ0v) is 14.3. The highest BCUT2D eigenvalue weighted by molar-refractivity contribution is 5.92. The lowest BCUT2D eigenvalue weighted by Gasteiger charge is -2.09. The van der Waals surface area contributed by atoms with Crippen molar-refractivity contribution in [2.75, 3.05) is 11.9 Å². The Labute approximate surface area is 156 Å². The molecule has 0 fully saturated rings. The summed E-state index contributed by atoms with van der Waals surface area (Å²) >= 11 is 0. The summed E-state index contributed by atoms with van der Waals surface area (Å²) in [4.78, 5) is 22.8. The van der Waals surface area contributed by atoms with Crippen LogP contribution in [0, 0.1) is 0 Å². The molecule has 3 aromatic rings. The number of nitrogens with one attached hydrogen (secondary N) is 1. The summed E-state index contributed by atoms with van der Waals surface area (Å²) in [6, 6.07) is 22.2. The largest absolute Gasteiger partial charge is 0.484 e. The minimum absolute atomic E-state index is 0.157. The predicted molar refractivity (Wildman–Crippen MR) is 100 cm³/mol. The fourth-order valence-electron chi connectivity index (χ4n) is 2.27. The lowest BCUT2D eigenvalue weighted by Crippen LogP contribution is -2.20. The molecule has 0 atom stereocenters. The zero-order chi connectivity index (χ0) is 19.1. The van der Waals surface area contributed by atoms with Crippen LogP contribution in [0.25, 0.3) is 0 Å². The molecule has 136 valence electrons. The maximum absolute atomic E-state index is 12.0. The Hall–Kier alpha value is -3.80. The lowest BCUT2D eigenvalue weighted by atomic mass is 10.2. The molecule has 0 aliphatic rings. The molecule has 0 radical (unpaired) electrons. The van der Waals surface area contributed by atoms with Crippen molar-refractivity contribution in [1.29, 1.82) is 0 Å². The van der Waals surface area contributed by atoms with Crippen LogP contribution in [0.3, 0.4) is 0 Å². The van der Waals surface area contributed by atoms with E-state index in [1.807, 2.05) is 30.3 Å². The summed E-state index contributed by atoms with van der Waals surface area (Å²) in [5.74, 6) is 0.473. The lowest BCUT2D eigenvalue weighted by molar-refractivity contribution is -0.118. The number of carboxylic acid groups (broad SMARTS) is 1. The van der Waals surface area contributed by atoms with E-state index in [1.165, 1.54) is 24.3 Å². The summed E-state index contributed by atoms with van der Waals surface area (Å²) in [5, 5.41) is 11.6. The smallest absolute Gasteiger partial charge is 0.335 e. The fourth-order valence-corrected chi connectivity index (χ4v) is 2.27. The second kappa shape index (κ2) is 8.53. The molecule has 0 spiro atoms. The molecule has 6 heteroatoms. The summed E-state index contributed by atoms with van der Waals surface area (Å²) in [7, 11) is 0. The molecule has 3 aromatic carbocycles. The van der Waals surface area contributed by atoms with Gasteiger partial charge < -0.3 is 19.9 Å². The number of hydrogen-bond donors (Lipinski definition) is 2. The topological polar surface area (TPSA) is 84.9 Å². The summed E-state index contributed by atoms with van der Waals surface area (Å²) in [6.07, 6.45) is 0. The van der Waals surface area contributed by atoms with Crippen molar-refractivity contribution in [3.63, 3.8) is 0 Å². The highest BCUT2D eigenvalue weighted by atomic mass is 16.5.